The number of aryl methyl sites for hydroxylation is 1. The minimum Gasteiger partial charge on any atom is -0.443 e. The molecule has 2 heterocycles. The highest BCUT2D eigenvalue weighted by Crippen LogP contribution is 2.40. The summed E-state index contributed by atoms with van der Waals surface area (Å²) in [6, 6.07) is 10.9. The summed E-state index contributed by atoms with van der Waals surface area (Å²) in [5, 5.41) is 9.58. The largest absolute Gasteiger partial charge is 0.573 e. The summed E-state index contributed by atoms with van der Waals surface area (Å²) in [6.07, 6.45) is -7.10. The number of aliphatic hydroxyl groups is 1. The molecule has 0 aliphatic carbocycles. The van der Waals surface area contributed by atoms with Crippen molar-refractivity contribution in [1.82, 2.24) is 14.5 Å². The van der Waals surface area contributed by atoms with Gasteiger partial charge in [-0.3, -0.25) is 0 Å². The van der Waals surface area contributed by atoms with Crippen molar-refractivity contribution in [1.29, 1.82) is 0 Å². The Bertz CT molecular complexity index is 2000. The van der Waals surface area contributed by atoms with Crippen LogP contribution in [0.15, 0.2) is 76.5 Å². The molecule has 0 saturated carbocycles. The average molecular weight is 656 g/mol. The summed E-state index contributed by atoms with van der Waals surface area (Å²) < 4.78 is 129. The molecule has 0 fully saturated rings. The van der Waals surface area contributed by atoms with Crippen molar-refractivity contribution >= 4 is 9.84 Å². The van der Waals surface area contributed by atoms with Crippen molar-refractivity contribution in [3.8, 4) is 45.1 Å². The fraction of sp³-hybridized carbons (Fsp3) is 0.172. The molecule has 0 atom stereocenters. The van der Waals surface area contributed by atoms with Crippen molar-refractivity contribution in [2.24, 2.45) is 0 Å². The molecule has 0 spiro atoms. The molecule has 2 aromatic heterocycles. The number of hydrogen-bond donors (Lipinski definition) is 1. The SMILES string of the molecule is Cc1nc(C(F)(F)F)cn1-c1ccc(-c2cc(F)c(CO)c(S(C)(=O)=O)c2)cc1-c1ocnc1-c1ccc(OC(F)(F)F)cc1. The topological polar surface area (TPSA) is 107 Å². The van der Waals surface area contributed by atoms with Crippen molar-refractivity contribution in [3.63, 3.8) is 0 Å². The van der Waals surface area contributed by atoms with Crippen molar-refractivity contribution in [2.75, 3.05) is 6.26 Å². The van der Waals surface area contributed by atoms with E-state index in [1.165, 1.54) is 37.3 Å². The minimum absolute atomic E-state index is 0.0335. The molecular weight excluding hydrogens is 635 g/mol. The van der Waals surface area contributed by atoms with Crippen LogP contribution in [0.5, 0.6) is 5.75 Å². The van der Waals surface area contributed by atoms with Gasteiger partial charge in [0.1, 0.15) is 23.1 Å². The third kappa shape index (κ3) is 6.56. The van der Waals surface area contributed by atoms with Crippen molar-refractivity contribution < 1.29 is 53.4 Å². The second-order valence-electron chi connectivity index (χ2n) is 9.74. The van der Waals surface area contributed by atoms with E-state index in [4.69, 9.17) is 4.42 Å². The molecule has 0 saturated heterocycles. The predicted molar refractivity (Wildman–Crippen MR) is 145 cm³/mol. The van der Waals surface area contributed by atoms with E-state index >= 15 is 0 Å². The third-order valence-electron chi connectivity index (χ3n) is 6.65. The van der Waals surface area contributed by atoms with Crippen LogP contribution in [-0.2, 0) is 22.6 Å². The summed E-state index contributed by atoms with van der Waals surface area (Å²) in [5.41, 5.74) is -0.851. The van der Waals surface area contributed by atoms with Gasteiger partial charge < -0.3 is 18.8 Å². The van der Waals surface area contributed by atoms with Gasteiger partial charge in [0.25, 0.3) is 0 Å². The molecule has 16 heteroatoms. The Morgan fingerprint density at radius 2 is 1.62 bits per heavy atom. The Morgan fingerprint density at radius 3 is 2.20 bits per heavy atom. The fourth-order valence-corrected chi connectivity index (χ4v) is 5.63. The lowest BCUT2D eigenvalue weighted by Crippen LogP contribution is -2.16. The number of nitrogens with zero attached hydrogens (tertiary/aromatic N) is 3. The standard InChI is InChI=1S/C29H20F7N3O5S/c1-15-38-25(28(31,32)33)12-39(15)23-8-5-17(18-10-22(30)21(13-40)24(11-18)45(2,41)42)9-20(23)27-26(37-14-43-27)16-3-6-19(7-4-16)44-29(34,35)36/h3-12,14,40H,13H2,1-2H3. The van der Waals surface area contributed by atoms with Gasteiger partial charge in [-0.05, 0) is 66.6 Å². The van der Waals surface area contributed by atoms with Crippen molar-refractivity contribution in [3.05, 3.63) is 90.1 Å². The first-order valence-corrected chi connectivity index (χ1v) is 14.6. The van der Waals surface area contributed by atoms with Crippen LogP contribution in [-0.4, -0.2) is 40.7 Å². The summed E-state index contributed by atoms with van der Waals surface area (Å²) >= 11 is 0. The van der Waals surface area contributed by atoms with E-state index < -0.39 is 56.7 Å². The lowest BCUT2D eigenvalue weighted by Gasteiger charge is -2.15. The van der Waals surface area contributed by atoms with Crippen LogP contribution in [0.4, 0.5) is 30.7 Å². The van der Waals surface area contributed by atoms with Gasteiger partial charge in [-0.1, -0.05) is 6.07 Å². The first-order chi connectivity index (χ1) is 21.0. The maximum absolute atomic E-state index is 15.0. The zero-order valence-electron chi connectivity index (χ0n) is 23.0. The maximum Gasteiger partial charge on any atom is 0.573 e. The summed E-state index contributed by atoms with van der Waals surface area (Å²) in [7, 11) is -4.01. The Labute approximate surface area is 250 Å². The monoisotopic (exact) mass is 655 g/mol. The van der Waals surface area contributed by atoms with Crippen LogP contribution in [0.25, 0.3) is 39.4 Å². The molecule has 5 rings (SSSR count). The number of aliphatic hydroxyl groups excluding tert-OH is 1. The zero-order valence-corrected chi connectivity index (χ0v) is 23.9. The number of aromatic nitrogens is 3. The van der Waals surface area contributed by atoms with Crippen LogP contribution in [0.1, 0.15) is 17.1 Å². The molecule has 0 aliphatic rings. The molecule has 5 aromatic rings. The Balaban J connectivity index is 1.72. The van der Waals surface area contributed by atoms with Crippen LogP contribution in [0.3, 0.4) is 0 Å². The Kier molecular flexibility index (Phi) is 7.99. The van der Waals surface area contributed by atoms with E-state index in [1.807, 2.05) is 0 Å². The molecule has 0 radical (unpaired) electrons. The van der Waals surface area contributed by atoms with Crippen LogP contribution in [0.2, 0.25) is 0 Å². The quantitative estimate of drug-likeness (QED) is 0.186. The average Bonchev–Trinajstić information content (AvgIpc) is 3.58. The van der Waals surface area contributed by atoms with Gasteiger partial charge in [-0.2, -0.15) is 13.2 Å². The van der Waals surface area contributed by atoms with Crippen LogP contribution >= 0.6 is 0 Å². The van der Waals surface area contributed by atoms with Gasteiger partial charge in [-0.25, -0.2) is 22.8 Å². The van der Waals surface area contributed by atoms with E-state index in [2.05, 4.69) is 14.7 Å². The Morgan fingerprint density at radius 1 is 0.956 bits per heavy atom. The highest BCUT2D eigenvalue weighted by molar-refractivity contribution is 7.90. The number of alkyl halides is 6. The first kappa shape index (κ1) is 31.7. The highest BCUT2D eigenvalue weighted by atomic mass is 32.2. The molecular formula is C29H20F7N3O5S. The normalized spacial score (nSPS) is 12.5. The summed E-state index contributed by atoms with van der Waals surface area (Å²) in [4.78, 5) is 7.28. The highest BCUT2D eigenvalue weighted by Gasteiger charge is 2.35. The maximum atomic E-state index is 15.0. The van der Waals surface area contributed by atoms with Gasteiger partial charge in [0, 0.05) is 29.1 Å². The zero-order chi connectivity index (χ0) is 32.9. The smallest absolute Gasteiger partial charge is 0.443 e. The number of sulfone groups is 1. The number of rotatable bonds is 7. The molecule has 8 nitrogen and oxygen atoms in total. The first-order valence-electron chi connectivity index (χ1n) is 12.7. The summed E-state index contributed by atoms with van der Waals surface area (Å²) in [5.74, 6) is -1.62. The number of halogens is 7. The second kappa shape index (κ2) is 11.3. The lowest BCUT2D eigenvalue weighted by molar-refractivity contribution is -0.274. The number of oxazole rings is 1. The molecule has 236 valence electrons. The molecule has 1 N–H and O–H groups in total. The van der Waals surface area contributed by atoms with Gasteiger partial charge in [0.05, 0.1) is 17.2 Å². The van der Waals surface area contributed by atoms with Crippen molar-refractivity contribution in [2.45, 2.75) is 31.0 Å². The van der Waals surface area contributed by atoms with E-state index in [0.29, 0.717) is 0 Å². The fourth-order valence-electron chi connectivity index (χ4n) is 4.68. The molecule has 3 aromatic carbocycles. The molecule has 0 amide bonds. The minimum atomic E-state index is -4.93. The van der Waals surface area contributed by atoms with Crippen LogP contribution in [0, 0.1) is 12.7 Å². The number of ether oxygens (including phenoxy) is 1. The Hall–Kier alpha value is -4.70. The van der Waals surface area contributed by atoms with E-state index in [-0.39, 0.29) is 45.2 Å². The molecule has 45 heavy (non-hydrogen) atoms. The van der Waals surface area contributed by atoms with E-state index in [9.17, 15) is 44.3 Å². The second-order valence-corrected chi connectivity index (χ2v) is 11.7. The number of imidazole rings is 1. The molecule has 0 bridgehead atoms. The van der Waals surface area contributed by atoms with Gasteiger partial charge in [0.2, 0.25) is 0 Å². The lowest BCUT2D eigenvalue weighted by atomic mass is 9.97. The van der Waals surface area contributed by atoms with E-state index in [1.54, 1.807) is 0 Å². The molecule has 0 aliphatic heterocycles. The number of hydrogen-bond acceptors (Lipinski definition) is 7. The summed E-state index contributed by atoms with van der Waals surface area (Å²) in [6.45, 7) is 0.434. The van der Waals surface area contributed by atoms with E-state index in [0.717, 1.165) is 47.7 Å². The third-order valence-corrected chi connectivity index (χ3v) is 7.81. The van der Waals surface area contributed by atoms with Gasteiger partial charge in [0.15, 0.2) is 27.7 Å². The predicted octanol–water partition coefficient (Wildman–Crippen LogP) is 7.12. The van der Waals surface area contributed by atoms with Gasteiger partial charge >= 0.3 is 12.5 Å². The van der Waals surface area contributed by atoms with Gasteiger partial charge in [-0.15, -0.1) is 13.2 Å². The van der Waals surface area contributed by atoms with Crippen LogP contribution < -0.4 is 4.74 Å². The molecule has 0 unspecified atom stereocenters. The number of benzene rings is 3.